The number of anilines is 2. The van der Waals surface area contributed by atoms with Gasteiger partial charge < -0.3 is 34.1 Å². The van der Waals surface area contributed by atoms with E-state index in [-0.39, 0.29) is 0 Å². The number of nitrogens with one attached hydrogen (secondary N) is 1. The zero-order chi connectivity index (χ0) is 28.2. The molecule has 2 aromatic carbocycles. The average molecular weight is 545 g/mol. The monoisotopic (exact) mass is 544 g/mol. The van der Waals surface area contributed by atoms with E-state index in [1.165, 1.54) is 0 Å². The van der Waals surface area contributed by atoms with E-state index in [2.05, 4.69) is 32.1 Å². The molecule has 0 atom stereocenters. The molecule has 2 aromatic heterocycles. The summed E-state index contributed by atoms with van der Waals surface area (Å²) in [6, 6.07) is 11.7. The number of aromatic nitrogens is 3. The maximum Gasteiger partial charge on any atom is 0.234 e. The molecule has 1 aliphatic rings. The van der Waals surface area contributed by atoms with Gasteiger partial charge in [0.2, 0.25) is 5.88 Å². The van der Waals surface area contributed by atoms with Crippen molar-refractivity contribution in [2.24, 2.45) is 0 Å². The van der Waals surface area contributed by atoms with Crippen molar-refractivity contribution in [3.05, 3.63) is 59.4 Å². The third-order valence-electron chi connectivity index (χ3n) is 7.31. The van der Waals surface area contributed by atoms with E-state index < -0.39 is 0 Å². The first-order valence-corrected chi connectivity index (χ1v) is 13.3. The molecular weight excluding hydrogens is 508 g/mol. The van der Waals surface area contributed by atoms with E-state index in [9.17, 15) is 0 Å². The zero-order valence-corrected chi connectivity index (χ0v) is 23.9. The third kappa shape index (κ3) is 5.53. The molecule has 3 heterocycles. The van der Waals surface area contributed by atoms with Crippen LogP contribution in [-0.2, 0) is 6.54 Å². The fourth-order valence-corrected chi connectivity index (χ4v) is 4.90. The van der Waals surface area contributed by atoms with Crippen LogP contribution in [0.5, 0.6) is 28.9 Å². The van der Waals surface area contributed by atoms with Gasteiger partial charge in [-0.25, -0.2) is 9.97 Å². The molecule has 0 spiro atoms. The molecule has 10 heteroatoms. The molecule has 0 saturated carbocycles. The Morgan fingerprint density at radius 1 is 0.875 bits per heavy atom. The van der Waals surface area contributed by atoms with Gasteiger partial charge in [0.15, 0.2) is 0 Å². The normalized spacial score (nSPS) is 13.8. The number of methoxy groups -OCH3 is 3. The minimum atomic E-state index is 0.440. The van der Waals surface area contributed by atoms with Gasteiger partial charge in [-0.05, 0) is 44.7 Å². The summed E-state index contributed by atoms with van der Waals surface area (Å²) in [5.41, 5.74) is 3.58. The first-order chi connectivity index (χ1) is 19.4. The molecule has 1 N–H and O–H groups in total. The number of rotatable bonds is 9. The number of ether oxygens (including phenoxy) is 4. The van der Waals surface area contributed by atoms with Crippen LogP contribution < -0.4 is 29.2 Å². The van der Waals surface area contributed by atoms with Crippen molar-refractivity contribution in [2.45, 2.75) is 20.4 Å². The van der Waals surface area contributed by atoms with Gasteiger partial charge in [-0.2, -0.15) is 4.98 Å². The van der Waals surface area contributed by atoms with E-state index in [0.29, 0.717) is 29.4 Å². The lowest BCUT2D eigenvalue weighted by atomic mass is 10.1. The highest BCUT2D eigenvalue weighted by Crippen LogP contribution is 2.39. The number of piperazine rings is 1. The summed E-state index contributed by atoms with van der Waals surface area (Å²) in [4.78, 5) is 18.8. The van der Waals surface area contributed by atoms with Crippen molar-refractivity contribution in [2.75, 3.05) is 64.8 Å². The van der Waals surface area contributed by atoms with Gasteiger partial charge in [0.25, 0.3) is 0 Å². The van der Waals surface area contributed by atoms with Crippen LogP contribution in [0.15, 0.2) is 42.7 Å². The van der Waals surface area contributed by atoms with Crippen molar-refractivity contribution in [3.8, 4) is 28.9 Å². The molecule has 210 valence electrons. The van der Waals surface area contributed by atoms with Gasteiger partial charge in [-0.1, -0.05) is 6.07 Å². The number of hydrogen-bond acceptors (Lipinski definition) is 10. The molecular formula is C30H36N6O4. The largest absolute Gasteiger partial charge is 0.497 e. The summed E-state index contributed by atoms with van der Waals surface area (Å²) in [5.74, 6) is 4.80. The summed E-state index contributed by atoms with van der Waals surface area (Å²) in [7, 11) is 7.08. The van der Waals surface area contributed by atoms with Crippen LogP contribution in [0.2, 0.25) is 0 Å². The molecule has 0 bridgehead atoms. The molecule has 40 heavy (non-hydrogen) atoms. The van der Waals surface area contributed by atoms with Crippen LogP contribution in [0.3, 0.4) is 0 Å². The standard InChI is InChI=1S/C30H36N6O4/c1-19-7-10-24(38-5)20(2)28(19)40-30-27-23(16-26(34-30)36-13-11-35(3)12-14-36)32-18-33-29(27)31-17-21-8-9-22(37-4)15-25(21)39-6/h7-10,15-16,18H,11-14,17H2,1-6H3,(H,31,32,33). The molecule has 1 saturated heterocycles. The first kappa shape index (κ1) is 27.3. The maximum atomic E-state index is 6.63. The average Bonchev–Trinajstić information content (AvgIpc) is 2.98. The number of benzene rings is 2. The Labute approximate surface area is 234 Å². The summed E-state index contributed by atoms with van der Waals surface area (Å²) in [6.45, 7) is 8.14. The smallest absolute Gasteiger partial charge is 0.234 e. The zero-order valence-electron chi connectivity index (χ0n) is 23.9. The van der Waals surface area contributed by atoms with Crippen LogP contribution in [0.1, 0.15) is 16.7 Å². The lowest BCUT2D eigenvalue weighted by Gasteiger charge is -2.33. The van der Waals surface area contributed by atoms with Crippen molar-refractivity contribution in [1.29, 1.82) is 0 Å². The van der Waals surface area contributed by atoms with E-state index in [0.717, 1.165) is 71.5 Å². The molecule has 5 rings (SSSR count). The second kappa shape index (κ2) is 11.8. The second-order valence-corrected chi connectivity index (χ2v) is 9.86. The summed E-state index contributed by atoms with van der Waals surface area (Å²) in [5, 5.41) is 4.17. The van der Waals surface area contributed by atoms with Gasteiger partial charge >= 0.3 is 0 Å². The van der Waals surface area contributed by atoms with Gasteiger partial charge in [-0.15, -0.1) is 0 Å². The SMILES string of the molecule is COc1ccc(CNc2ncnc3cc(N4CCN(C)CC4)nc(Oc4c(C)ccc(OC)c4C)c23)c(OC)c1. The Balaban J connectivity index is 1.58. The molecule has 0 amide bonds. The van der Waals surface area contributed by atoms with Crippen LogP contribution in [-0.4, -0.2) is 74.4 Å². The lowest BCUT2D eigenvalue weighted by Crippen LogP contribution is -2.44. The molecule has 0 aliphatic carbocycles. The molecule has 4 aromatic rings. The molecule has 1 fully saturated rings. The summed E-state index contributed by atoms with van der Waals surface area (Å²) < 4.78 is 23.1. The maximum absolute atomic E-state index is 6.63. The Hall–Kier alpha value is -4.31. The molecule has 0 radical (unpaired) electrons. The highest BCUT2D eigenvalue weighted by molar-refractivity contribution is 5.95. The minimum Gasteiger partial charge on any atom is -0.497 e. The second-order valence-electron chi connectivity index (χ2n) is 9.86. The number of aryl methyl sites for hydroxylation is 1. The van der Waals surface area contributed by atoms with Crippen molar-refractivity contribution in [1.82, 2.24) is 19.9 Å². The Kier molecular flexibility index (Phi) is 8.06. The summed E-state index contributed by atoms with van der Waals surface area (Å²) >= 11 is 0. The van der Waals surface area contributed by atoms with E-state index in [1.54, 1.807) is 27.7 Å². The van der Waals surface area contributed by atoms with E-state index in [1.807, 2.05) is 50.2 Å². The fourth-order valence-electron chi connectivity index (χ4n) is 4.90. The Morgan fingerprint density at radius 2 is 1.65 bits per heavy atom. The van der Waals surface area contributed by atoms with E-state index in [4.69, 9.17) is 23.9 Å². The van der Waals surface area contributed by atoms with Crippen LogP contribution in [0, 0.1) is 13.8 Å². The van der Waals surface area contributed by atoms with Crippen molar-refractivity contribution < 1.29 is 18.9 Å². The third-order valence-corrected chi connectivity index (χ3v) is 7.31. The number of hydrogen-bond donors (Lipinski definition) is 1. The van der Waals surface area contributed by atoms with Crippen molar-refractivity contribution >= 4 is 22.5 Å². The predicted octanol–water partition coefficient (Wildman–Crippen LogP) is 4.82. The van der Waals surface area contributed by atoms with Crippen molar-refractivity contribution in [3.63, 3.8) is 0 Å². The molecule has 0 unspecified atom stereocenters. The van der Waals surface area contributed by atoms with Gasteiger partial charge in [-0.3, -0.25) is 0 Å². The van der Waals surface area contributed by atoms with E-state index >= 15 is 0 Å². The fraction of sp³-hybridized carbons (Fsp3) is 0.367. The molecule has 10 nitrogen and oxygen atoms in total. The quantitative estimate of drug-likeness (QED) is 0.316. The number of pyridine rings is 1. The number of fused-ring (bicyclic) bond motifs is 1. The minimum absolute atomic E-state index is 0.440. The predicted molar refractivity (Wildman–Crippen MR) is 156 cm³/mol. The van der Waals surface area contributed by atoms with Crippen LogP contribution >= 0.6 is 0 Å². The van der Waals surface area contributed by atoms with Crippen LogP contribution in [0.25, 0.3) is 10.9 Å². The van der Waals surface area contributed by atoms with Gasteiger partial charge in [0.05, 0.1) is 26.8 Å². The van der Waals surface area contributed by atoms with Gasteiger partial charge in [0, 0.05) is 56.0 Å². The lowest BCUT2D eigenvalue weighted by molar-refractivity contribution is 0.311. The summed E-state index contributed by atoms with van der Waals surface area (Å²) in [6.07, 6.45) is 1.56. The Bertz CT molecular complexity index is 1500. The highest BCUT2D eigenvalue weighted by atomic mass is 16.5. The number of nitrogens with zero attached hydrogens (tertiary/aromatic N) is 5. The molecule has 1 aliphatic heterocycles. The highest BCUT2D eigenvalue weighted by Gasteiger charge is 2.22. The topological polar surface area (TPSA) is 94.1 Å². The van der Waals surface area contributed by atoms with Gasteiger partial charge in [0.1, 0.15) is 46.3 Å². The number of likely N-dealkylation sites (N-methyl/N-ethyl adjacent to an activating group) is 1. The first-order valence-electron chi connectivity index (χ1n) is 13.3. The Morgan fingerprint density at radius 3 is 2.38 bits per heavy atom. The van der Waals surface area contributed by atoms with Crippen LogP contribution in [0.4, 0.5) is 11.6 Å².